The van der Waals surface area contributed by atoms with Crippen LogP contribution in [-0.2, 0) is 17.8 Å². The smallest absolute Gasteiger partial charge is 0.251 e. The van der Waals surface area contributed by atoms with Gasteiger partial charge in [0.2, 0.25) is 5.91 Å². The molecule has 2 aromatic carbocycles. The molecule has 2 aromatic rings. The van der Waals surface area contributed by atoms with Crippen LogP contribution in [0.25, 0.3) is 0 Å². The number of rotatable bonds is 8. The summed E-state index contributed by atoms with van der Waals surface area (Å²) in [5.41, 5.74) is 2.55. The second-order valence-electron chi connectivity index (χ2n) is 8.38. The van der Waals surface area contributed by atoms with Crippen LogP contribution in [0.15, 0.2) is 48.5 Å². The molecule has 6 heteroatoms. The van der Waals surface area contributed by atoms with E-state index in [2.05, 4.69) is 29.4 Å². The van der Waals surface area contributed by atoms with E-state index in [-0.39, 0.29) is 17.9 Å². The fourth-order valence-corrected chi connectivity index (χ4v) is 3.79. The van der Waals surface area contributed by atoms with Crippen LogP contribution >= 0.6 is 0 Å². The standard InChI is InChI=1S/C25H33N3O3/c1-18(2)28-14-12-22(13-15-28)27-25(30)21-8-4-20(5-9-21)17-26-24(29)16-19-6-10-23(31-3)11-7-19/h4-11,18,22H,12-17H2,1-3H3,(H,26,29)(H,27,30). The van der Waals surface area contributed by atoms with Crippen molar-refractivity contribution < 1.29 is 14.3 Å². The van der Waals surface area contributed by atoms with Gasteiger partial charge in [0, 0.05) is 37.3 Å². The van der Waals surface area contributed by atoms with Crippen LogP contribution in [-0.4, -0.2) is 49.0 Å². The summed E-state index contributed by atoms with van der Waals surface area (Å²) in [7, 11) is 1.62. The molecule has 0 aliphatic carbocycles. The average Bonchev–Trinajstić information content (AvgIpc) is 2.79. The second-order valence-corrected chi connectivity index (χ2v) is 8.38. The summed E-state index contributed by atoms with van der Waals surface area (Å²) in [5, 5.41) is 6.08. The third kappa shape index (κ3) is 6.82. The molecular formula is C25H33N3O3. The van der Waals surface area contributed by atoms with E-state index < -0.39 is 0 Å². The lowest BCUT2D eigenvalue weighted by molar-refractivity contribution is -0.120. The Balaban J connectivity index is 1.43. The van der Waals surface area contributed by atoms with Crippen LogP contribution in [0.1, 0.15) is 48.2 Å². The van der Waals surface area contributed by atoms with Crippen molar-refractivity contribution in [2.24, 2.45) is 0 Å². The van der Waals surface area contributed by atoms with Gasteiger partial charge in [-0.3, -0.25) is 9.59 Å². The molecule has 0 saturated carbocycles. The zero-order valence-corrected chi connectivity index (χ0v) is 18.7. The monoisotopic (exact) mass is 423 g/mol. The maximum atomic E-state index is 12.6. The fourth-order valence-electron chi connectivity index (χ4n) is 3.79. The Hall–Kier alpha value is -2.86. The lowest BCUT2D eigenvalue weighted by Gasteiger charge is -2.34. The number of hydrogen-bond donors (Lipinski definition) is 2. The molecule has 2 amide bonds. The zero-order valence-electron chi connectivity index (χ0n) is 18.7. The number of ether oxygens (including phenoxy) is 1. The first-order valence-corrected chi connectivity index (χ1v) is 11.0. The maximum Gasteiger partial charge on any atom is 0.251 e. The fraction of sp³-hybridized carbons (Fsp3) is 0.440. The van der Waals surface area contributed by atoms with Crippen LogP contribution in [0.5, 0.6) is 5.75 Å². The Bertz CT molecular complexity index is 855. The summed E-state index contributed by atoms with van der Waals surface area (Å²) in [4.78, 5) is 27.2. The van der Waals surface area contributed by atoms with Gasteiger partial charge in [0.1, 0.15) is 5.75 Å². The van der Waals surface area contributed by atoms with Crippen LogP contribution in [0.4, 0.5) is 0 Å². The van der Waals surface area contributed by atoms with Gasteiger partial charge < -0.3 is 20.3 Å². The number of carbonyl (C=O) groups excluding carboxylic acids is 2. The lowest BCUT2D eigenvalue weighted by atomic mass is 10.0. The minimum atomic E-state index is -0.0419. The minimum Gasteiger partial charge on any atom is -0.497 e. The lowest BCUT2D eigenvalue weighted by Crippen LogP contribution is -2.46. The highest BCUT2D eigenvalue weighted by Crippen LogP contribution is 2.14. The molecule has 1 heterocycles. The predicted molar refractivity (Wildman–Crippen MR) is 122 cm³/mol. The van der Waals surface area contributed by atoms with Gasteiger partial charge >= 0.3 is 0 Å². The average molecular weight is 424 g/mol. The van der Waals surface area contributed by atoms with Crippen molar-refractivity contribution in [2.45, 2.75) is 51.7 Å². The second kappa shape index (κ2) is 11.0. The van der Waals surface area contributed by atoms with Gasteiger partial charge in [-0.25, -0.2) is 0 Å². The Kier molecular flexibility index (Phi) is 8.06. The summed E-state index contributed by atoms with van der Waals surface area (Å²) in [6.45, 7) is 6.91. The first kappa shape index (κ1) is 22.8. The van der Waals surface area contributed by atoms with E-state index in [4.69, 9.17) is 4.74 Å². The third-order valence-electron chi connectivity index (χ3n) is 5.82. The van der Waals surface area contributed by atoms with E-state index in [9.17, 15) is 9.59 Å². The first-order chi connectivity index (χ1) is 14.9. The number of nitrogens with zero attached hydrogens (tertiary/aromatic N) is 1. The molecule has 0 spiro atoms. The van der Waals surface area contributed by atoms with Crippen LogP contribution in [0, 0.1) is 0 Å². The molecule has 3 rings (SSSR count). The zero-order chi connectivity index (χ0) is 22.2. The van der Waals surface area contributed by atoms with Crippen molar-refractivity contribution in [2.75, 3.05) is 20.2 Å². The Labute approximate surface area is 185 Å². The van der Waals surface area contributed by atoms with Crippen molar-refractivity contribution in [3.05, 3.63) is 65.2 Å². The van der Waals surface area contributed by atoms with Gasteiger partial charge in [-0.15, -0.1) is 0 Å². The van der Waals surface area contributed by atoms with Gasteiger partial charge in [-0.05, 0) is 62.1 Å². The van der Waals surface area contributed by atoms with Crippen LogP contribution in [0.2, 0.25) is 0 Å². The Morgan fingerprint density at radius 1 is 1.00 bits per heavy atom. The predicted octanol–water partition coefficient (Wildman–Crippen LogP) is 3.16. The number of hydrogen-bond acceptors (Lipinski definition) is 4. The van der Waals surface area contributed by atoms with Gasteiger partial charge in [0.15, 0.2) is 0 Å². The largest absolute Gasteiger partial charge is 0.497 e. The highest BCUT2D eigenvalue weighted by Gasteiger charge is 2.22. The van der Waals surface area contributed by atoms with Gasteiger partial charge in [0.05, 0.1) is 13.5 Å². The molecule has 1 saturated heterocycles. The van der Waals surface area contributed by atoms with Gasteiger partial charge in [-0.2, -0.15) is 0 Å². The molecule has 2 N–H and O–H groups in total. The number of carbonyl (C=O) groups is 2. The van der Waals surface area contributed by atoms with Crippen molar-refractivity contribution >= 4 is 11.8 Å². The molecule has 0 aromatic heterocycles. The van der Waals surface area contributed by atoms with Crippen LogP contribution < -0.4 is 15.4 Å². The molecule has 1 aliphatic heterocycles. The summed E-state index contributed by atoms with van der Waals surface area (Å²) >= 11 is 0. The van der Waals surface area contributed by atoms with E-state index in [1.807, 2.05) is 48.5 Å². The molecule has 166 valence electrons. The first-order valence-electron chi connectivity index (χ1n) is 11.0. The summed E-state index contributed by atoms with van der Waals surface area (Å²) in [5.74, 6) is 0.701. The van der Waals surface area contributed by atoms with Crippen LogP contribution in [0.3, 0.4) is 0 Å². The minimum absolute atomic E-state index is 0.0295. The molecule has 1 aliphatic rings. The van der Waals surface area contributed by atoms with Crippen molar-refractivity contribution in [3.8, 4) is 5.75 Å². The van der Waals surface area contributed by atoms with Crippen molar-refractivity contribution in [1.29, 1.82) is 0 Å². The highest BCUT2D eigenvalue weighted by molar-refractivity contribution is 5.94. The Morgan fingerprint density at radius 2 is 1.61 bits per heavy atom. The number of nitrogens with one attached hydrogen (secondary N) is 2. The quantitative estimate of drug-likeness (QED) is 0.684. The maximum absolute atomic E-state index is 12.6. The molecule has 0 radical (unpaired) electrons. The number of benzene rings is 2. The molecule has 0 atom stereocenters. The SMILES string of the molecule is COc1ccc(CC(=O)NCc2ccc(C(=O)NC3CCN(C(C)C)CC3)cc2)cc1. The van der Waals surface area contributed by atoms with Gasteiger partial charge in [0.25, 0.3) is 5.91 Å². The number of likely N-dealkylation sites (tertiary alicyclic amines) is 1. The van der Waals surface area contributed by atoms with E-state index in [0.717, 1.165) is 42.8 Å². The molecule has 31 heavy (non-hydrogen) atoms. The van der Waals surface area contributed by atoms with E-state index in [1.165, 1.54) is 0 Å². The highest BCUT2D eigenvalue weighted by atomic mass is 16.5. The summed E-state index contributed by atoms with van der Waals surface area (Å²) in [6, 6.07) is 15.7. The topological polar surface area (TPSA) is 70.7 Å². The van der Waals surface area contributed by atoms with Gasteiger partial charge in [-0.1, -0.05) is 24.3 Å². The summed E-state index contributed by atoms with van der Waals surface area (Å²) in [6.07, 6.45) is 2.30. The van der Waals surface area contributed by atoms with Crippen molar-refractivity contribution in [1.82, 2.24) is 15.5 Å². The van der Waals surface area contributed by atoms with Crippen molar-refractivity contribution in [3.63, 3.8) is 0 Å². The molecule has 0 bridgehead atoms. The number of amides is 2. The summed E-state index contributed by atoms with van der Waals surface area (Å²) < 4.78 is 5.13. The number of methoxy groups -OCH3 is 1. The molecule has 0 unspecified atom stereocenters. The molecule has 6 nitrogen and oxygen atoms in total. The van der Waals surface area contributed by atoms with E-state index in [1.54, 1.807) is 7.11 Å². The third-order valence-corrected chi connectivity index (χ3v) is 5.82. The van der Waals surface area contributed by atoms with E-state index >= 15 is 0 Å². The molecular weight excluding hydrogens is 390 g/mol. The molecule has 1 fully saturated rings. The number of piperidine rings is 1. The van der Waals surface area contributed by atoms with E-state index in [0.29, 0.717) is 24.6 Å². The Morgan fingerprint density at radius 3 is 2.19 bits per heavy atom. The normalized spacial score (nSPS) is 15.0.